The number of hydrogen-bond donors (Lipinski definition) is 1. The van der Waals surface area contributed by atoms with Crippen LogP contribution in [0.2, 0.25) is 0 Å². The molecule has 27 heavy (non-hydrogen) atoms. The predicted octanol–water partition coefficient (Wildman–Crippen LogP) is 2.30. The lowest BCUT2D eigenvalue weighted by molar-refractivity contribution is -0.140. The first-order valence-electron chi connectivity index (χ1n) is 7.52. The molecule has 7 nitrogen and oxygen atoms in total. The molecule has 1 N–H and O–H groups in total. The molecule has 1 heterocycles. The second-order valence-electron chi connectivity index (χ2n) is 5.63. The number of aryl methyl sites for hydroxylation is 1. The zero-order chi connectivity index (χ0) is 20.4. The number of carbonyl (C=O) groups is 2. The second kappa shape index (κ2) is 7.64. The third-order valence-electron chi connectivity index (χ3n) is 3.50. The first-order chi connectivity index (χ1) is 12.5. The van der Waals surface area contributed by atoms with Crippen molar-refractivity contribution in [2.24, 2.45) is 7.05 Å². The van der Waals surface area contributed by atoms with Gasteiger partial charge in [0, 0.05) is 26.0 Å². The van der Waals surface area contributed by atoms with E-state index in [1.54, 1.807) is 7.05 Å². The number of nitrogens with zero attached hydrogens (tertiary/aromatic N) is 3. The van der Waals surface area contributed by atoms with E-state index in [0.717, 1.165) is 11.0 Å². The fourth-order valence-electron chi connectivity index (χ4n) is 2.28. The Morgan fingerprint density at radius 2 is 2.00 bits per heavy atom. The van der Waals surface area contributed by atoms with Crippen molar-refractivity contribution in [1.29, 1.82) is 0 Å². The Morgan fingerprint density at radius 3 is 2.59 bits per heavy atom. The molecule has 0 radical (unpaired) electrons. The zero-order valence-corrected chi connectivity index (χ0v) is 14.6. The molecular formula is C16H16F4N4O3. The van der Waals surface area contributed by atoms with E-state index in [9.17, 15) is 27.2 Å². The molecule has 0 aliphatic heterocycles. The molecule has 1 aromatic heterocycles. The zero-order valence-electron chi connectivity index (χ0n) is 14.6. The minimum atomic E-state index is -4.89. The molecule has 0 saturated heterocycles. The molecule has 0 saturated carbocycles. The first kappa shape index (κ1) is 20.2. The number of benzene rings is 1. The Bertz CT molecular complexity index is 864. The van der Waals surface area contributed by atoms with Crippen LogP contribution in [0.4, 0.5) is 23.2 Å². The van der Waals surface area contributed by atoms with E-state index in [1.165, 1.54) is 25.0 Å². The van der Waals surface area contributed by atoms with Crippen molar-refractivity contribution in [3.05, 3.63) is 41.3 Å². The van der Waals surface area contributed by atoms with Gasteiger partial charge in [0.05, 0.1) is 19.2 Å². The minimum Gasteiger partial charge on any atom is -0.479 e. The van der Waals surface area contributed by atoms with Crippen LogP contribution < -0.4 is 10.1 Å². The Morgan fingerprint density at radius 1 is 1.33 bits per heavy atom. The van der Waals surface area contributed by atoms with Gasteiger partial charge in [0.2, 0.25) is 11.8 Å². The van der Waals surface area contributed by atoms with Crippen molar-refractivity contribution in [2.45, 2.75) is 6.18 Å². The number of hydrogen-bond acceptors (Lipinski definition) is 4. The van der Waals surface area contributed by atoms with Gasteiger partial charge in [0.15, 0.2) is 0 Å². The Kier molecular flexibility index (Phi) is 5.72. The van der Waals surface area contributed by atoms with Crippen molar-refractivity contribution in [2.75, 3.05) is 26.0 Å². The molecule has 0 aliphatic rings. The summed E-state index contributed by atoms with van der Waals surface area (Å²) in [7, 11) is 4.25. The quantitative estimate of drug-likeness (QED) is 0.798. The average molecular weight is 388 g/mol. The molecular weight excluding hydrogens is 372 g/mol. The van der Waals surface area contributed by atoms with Crippen LogP contribution >= 0.6 is 0 Å². The summed E-state index contributed by atoms with van der Waals surface area (Å²) >= 11 is 0. The third kappa shape index (κ3) is 4.74. The number of methoxy groups -OCH3 is 1. The van der Waals surface area contributed by atoms with Crippen LogP contribution in [-0.2, 0) is 18.0 Å². The maximum atomic E-state index is 13.3. The van der Waals surface area contributed by atoms with Crippen molar-refractivity contribution < 1.29 is 31.9 Å². The summed E-state index contributed by atoms with van der Waals surface area (Å²) in [5.74, 6) is -2.70. The van der Waals surface area contributed by atoms with Crippen LogP contribution in [0.15, 0.2) is 24.4 Å². The van der Waals surface area contributed by atoms with E-state index in [2.05, 4.69) is 10.4 Å². The maximum absolute atomic E-state index is 13.3. The highest BCUT2D eigenvalue weighted by atomic mass is 19.4. The van der Waals surface area contributed by atoms with Gasteiger partial charge in [-0.1, -0.05) is 0 Å². The van der Waals surface area contributed by atoms with Crippen LogP contribution in [0.3, 0.4) is 0 Å². The van der Waals surface area contributed by atoms with Crippen LogP contribution in [-0.4, -0.2) is 47.2 Å². The summed E-state index contributed by atoms with van der Waals surface area (Å²) in [6.07, 6.45) is -3.49. The molecule has 2 amide bonds. The van der Waals surface area contributed by atoms with Crippen molar-refractivity contribution >= 4 is 17.5 Å². The van der Waals surface area contributed by atoms with Crippen molar-refractivity contribution in [3.8, 4) is 5.88 Å². The molecule has 0 atom stereocenters. The topological polar surface area (TPSA) is 76.5 Å². The summed E-state index contributed by atoms with van der Waals surface area (Å²) < 4.78 is 57.8. The molecule has 0 bridgehead atoms. The number of ether oxygens (including phenoxy) is 1. The lowest BCUT2D eigenvalue weighted by Gasteiger charge is -2.17. The fourth-order valence-corrected chi connectivity index (χ4v) is 2.28. The predicted molar refractivity (Wildman–Crippen MR) is 86.8 cm³/mol. The van der Waals surface area contributed by atoms with E-state index >= 15 is 0 Å². The molecule has 0 spiro atoms. The third-order valence-corrected chi connectivity index (χ3v) is 3.50. The van der Waals surface area contributed by atoms with Gasteiger partial charge >= 0.3 is 6.18 Å². The van der Waals surface area contributed by atoms with E-state index < -0.39 is 35.9 Å². The molecule has 146 valence electrons. The smallest absolute Gasteiger partial charge is 0.419 e. The maximum Gasteiger partial charge on any atom is 0.419 e. The van der Waals surface area contributed by atoms with Crippen LogP contribution in [0.5, 0.6) is 5.88 Å². The summed E-state index contributed by atoms with van der Waals surface area (Å²) in [5.41, 5.74) is -1.62. The summed E-state index contributed by atoms with van der Waals surface area (Å²) in [6.45, 7) is -0.449. The van der Waals surface area contributed by atoms with Gasteiger partial charge < -0.3 is 15.0 Å². The number of nitrogens with one attached hydrogen (secondary N) is 1. The van der Waals surface area contributed by atoms with Crippen LogP contribution in [0.25, 0.3) is 0 Å². The number of rotatable bonds is 5. The fraction of sp³-hybridized carbons (Fsp3) is 0.312. The highest BCUT2D eigenvalue weighted by molar-refractivity contribution is 6.00. The van der Waals surface area contributed by atoms with Crippen LogP contribution in [0.1, 0.15) is 15.9 Å². The summed E-state index contributed by atoms with van der Waals surface area (Å²) in [6, 6.07) is 2.08. The first-order valence-corrected chi connectivity index (χ1v) is 7.52. The van der Waals surface area contributed by atoms with Gasteiger partial charge in [-0.2, -0.15) is 13.2 Å². The van der Waals surface area contributed by atoms with Gasteiger partial charge in [-0.05, 0) is 18.2 Å². The second-order valence-corrected chi connectivity index (χ2v) is 5.63. The molecule has 2 aromatic rings. The number of likely N-dealkylation sites (N-methyl/N-ethyl adjacent to an activating group) is 1. The van der Waals surface area contributed by atoms with E-state index in [4.69, 9.17) is 4.74 Å². The number of alkyl halides is 3. The van der Waals surface area contributed by atoms with Crippen molar-refractivity contribution in [3.63, 3.8) is 0 Å². The Labute approximate surface area is 151 Å². The SMILES string of the molecule is COc1nn(C)cc1C(=O)N(C)CC(=O)Nc1ccc(F)c(C(F)(F)F)c1. The summed E-state index contributed by atoms with van der Waals surface area (Å²) in [5, 5.41) is 6.13. The normalized spacial score (nSPS) is 11.2. The molecule has 0 fully saturated rings. The standard InChI is InChI=1S/C16H16F4N4O3/c1-23(15(26)10-7-24(2)22-14(10)27-3)8-13(25)21-9-4-5-12(17)11(6-9)16(18,19)20/h4-7H,8H2,1-3H3,(H,21,25). The molecule has 2 rings (SSSR count). The number of carbonyl (C=O) groups excluding carboxylic acids is 2. The van der Waals surface area contributed by atoms with E-state index in [-0.39, 0.29) is 17.1 Å². The highest BCUT2D eigenvalue weighted by Crippen LogP contribution is 2.33. The van der Waals surface area contributed by atoms with E-state index in [1.807, 2.05) is 0 Å². The van der Waals surface area contributed by atoms with E-state index in [0.29, 0.717) is 12.1 Å². The summed E-state index contributed by atoms with van der Waals surface area (Å²) in [4.78, 5) is 25.4. The van der Waals surface area contributed by atoms with Gasteiger partial charge in [-0.25, -0.2) is 4.39 Å². The average Bonchev–Trinajstić information content (AvgIpc) is 2.95. The minimum absolute atomic E-state index is 0.0723. The van der Waals surface area contributed by atoms with Gasteiger partial charge in [-0.15, -0.1) is 5.10 Å². The Hall–Kier alpha value is -3.11. The van der Waals surface area contributed by atoms with Crippen LogP contribution in [0, 0.1) is 5.82 Å². The number of halogens is 4. The van der Waals surface area contributed by atoms with Crippen molar-refractivity contribution in [1.82, 2.24) is 14.7 Å². The lowest BCUT2D eigenvalue weighted by Crippen LogP contribution is -2.35. The monoisotopic (exact) mass is 388 g/mol. The largest absolute Gasteiger partial charge is 0.479 e. The van der Waals surface area contributed by atoms with Gasteiger partial charge in [0.1, 0.15) is 11.4 Å². The highest BCUT2D eigenvalue weighted by Gasteiger charge is 2.34. The molecule has 0 unspecified atom stereocenters. The Balaban J connectivity index is 2.08. The molecule has 0 aliphatic carbocycles. The number of aromatic nitrogens is 2. The lowest BCUT2D eigenvalue weighted by atomic mass is 10.2. The number of amides is 2. The molecule has 1 aromatic carbocycles. The number of anilines is 1. The molecule has 11 heteroatoms. The van der Waals surface area contributed by atoms with Gasteiger partial charge in [-0.3, -0.25) is 14.3 Å². The van der Waals surface area contributed by atoms with Gasteiger partial charge in [0.25, 0.3) is 5.91 Å².